The molecule has 140 valence electrons. The quantitative estimate of drug-likeness (QED) is 0.653. The number of esters is 1. The number of oxazole rings is 1. The Balaban J connectivity index is 1.77. The molecule has 1 atom stereocenters. The number of hydrogen-bond donors (Lipinski definition) is 1. The van der Waals surface area contributed by atoms with Crippen LogP contribution in [-0.2, 0) is 27.3 Å². The van der Waals surface area contributed by atoms with E-state index >= 15 is 0 Å². The second-order valence-corrected chi connectivity index (χ2v) is 6.34. The van der Waals surface area contributed by atoms with E-state index in [9.17, 15) is 14.4 Å². The lowest BCUT2D eigenvalue weighted by atomic mass is 10.1. The molecule has 1 aromatic heterocycles. The van der Waals surface area contributed by atoms with Gasteiger partial charge in [0.05, 0.1) is 12.6 Å². The monoisotopic (exact) mass is 388 g/mol. The molecule has 0 bridgehead atoms. The predicted octanol–water partition coefficient (Wildman–Crippen LogP) is 2.15. The van der Waals surface area contributed by atoms with Gasteiger partial charge < -0.3 is 14.5 Å². The van der Waals surface area contributed by atoms with Crippen molar-refractivity contribution in [3.05, 3.63) is 69.7 Å². The molecule has 1 amide bonds. The van der Waals surface area contributed by atoms with E-state index in [0.717, 1.165) is 5.56 Å². The van der Waals surface area contributed by atoms with Gasteiger partial charge in [-0.05, 0) is 17.7 Å². The number of methoxy groups -OCH3 is 1. The van der Waals surface area contributed by atoms with Gasteiger partial charge in [-0.3, -0.25) is 9.36 Å². The minimum Gasteiger partial charge on any atom is -0.467 e. The molecule has 1 N–H and O–H groups in total. The number of halogens is 1. The Labute approximate surface area is 159 Å². The second-order valence-electron chi connectivity index (χ2n) is 5.90. The van der Waals surface area contributed by atoms with Crippen molar-refractivity contribution < 1.29 is 18.7 Å². The van der Waals surface area contributed by atoms with Gasteiger partial charge in [-0.15, -0.1) is 0 Å². The van der Waals surface area contributed by atoms with E-state index in [4.69, 9.17) is 20.8 Å². The van der Waals surface area contributed by atoms with Crippen molar-refractivity contribution in [2.45, 2.75) is 19.0 Å². The van der Waals surface area contributed by atoms with Crippen molar-refractivity contribution in [1.82, 2.24) is 9.88 Å². The Morgan fingerprint density at radius 1 is 1.22 bits per heavy atom. The summed E-state index contributed by atoms with van der Waals surface area (Å²) in [6.07, 6.45) is 0.274. The molecule has 0 saturated heterocycles. The molecule has 0 aliphatic rings. The molecule has 1 heterocycles. The first-order valence-corrected chi connectivity index (χ1v) is 8.55. The molecule has 8 heteroatoms. The van der Waals surface area contributed by atoms with Gasteiger partial charge in [0.15, 0.2) is 5.58 Å². The van der Waals surface area contributed by atoms with Gasteiger partial charge >= 0.3 is 11.7 Å². The summed E-state index contributed by atoms with van der Waals surface area (Å²) in [5.41, 5.74) is 1.60. The highest BCUT2D eigenvalue weighted by atomic mass is 35.5. The van der Waals surface area contributed by atoms with Crippen LogP contribution in [0.3, 0.4) is 0 Å². The van der Waals surface area contributed by atoms with Gasteiger partial charge in [0.25, 0.3) is 0 Å². The average molecular weight is 389 g/mol. The van der Waals surface area contributed by atoms with Crippen molar-refractivity contribution in [3.8, 4) is 0 Å². The zero-order chi connectivity index (χ0) is 19.4. The van der Waals surface area contributed by atoms with Gasteiger partial charge in [-0.2, -0.15) is 0 Å². The third-order valence-corrected chi connectivity index (χ3v) is 4.27. The summed E-state index contributed by atoms with van der Waals surface area (Å²) in [4.78, 5) is 36.5. The first kappa shape index (κ1) is 18.7. The molecule has 0 aliphatic carbocycles. The van der Waals surface area contributed by atoms with Crippen molar-refractivity contribution in [1.29, 1.82) is 0 Å². The molecule has 0 unspecified atom stereocenters. The van der Waals surface area contributed by atoms with Crippen LogP contribution >= 0.6 is 11.6 Å². The number of carbonyl (C=O) groups is 2. The Morgan fingerprint density at radius 2 is 1.96 bits per heavy atom. The maximum Gasteiger partial charge on any atom is 0.420 e. The molecule has 27 heavy (non-hydrogen) atoms. The number of ether oxygens (including phenoxy) is 1. The highest BCUT2D eigenvalue weighted by Crippen LogP contribution is 2.18. The fraction of sp³-hybridized carbons (Fsp3) is 0.211. The highest BCUT2D eigenvalue weighted by Gasteiger charge is 2.23. The van der Waals surface area contributed by atoms with Crippen molar-refractivity contribution >= 4 is 34.6 Å². The Morgan fingerprint density at radius 3 is 2.67 bits per heavy atom. The molecular weight excluding hydrogens is 372 g/mol. The zero-order valence-corrected chi connectivity index (χ0v) is 15.2. The molecule has 3 rings (SSSR count). The minimum atomic E-state index is -0.867. The standard InChI is InChI=1S/C19H17ClN2O5/c1-26-18(24)14(9-12-5-3-2-4-6-12)21-17(23)11-22-15-8-7-13(20)10-16(15)27-19(22)25/h2-8,10,14H,9,11H2,1H3,(H,21,23)/t14-/m0/s1. The lowest BCUT2D eigenvalue weighted by Crippen LogP contribution is -2.45. The van der Waals surface area contributed by atoms with Crippen LogP contribution in [0.2, 0.25) is 5.02 Å². The van der Waals surface area contributed by atoms with Crippen LogP contribution in [0.25, 0.3) is 11.1 Å². The normalized spacial score (nSPS) is 11.9. The van der Waals surface area contributed by atoms with Gasteiger partial charge in [-0.25, -0.2) is 9.59 Å². The van der Waals surface area contributed by atoms with Crippen molar-refractivity contribution in [2.24, 2.45) is 0 Å². The summed E-state index contributed by atoms with van der Waals surface area (Å²) >= 11 is 5.88. The average Bonchev–Trinajstić information content (AvgIpc) is 2.95. The molecule has 3 aromatic rings. The zero-order valence-electron chi connectivity index (χ0n) is 14.5. The Bertz CT molecular complexity index is 1030. The van der Waals surface area contributed by atoms with Gasteiger partial charge in [0.2, 0.25) is 5.91 Å². The highest BCUT2D eigenvalue weighted by molar-refractivity contribution is 6.31. The maximum absolute atomic E-state index is 12.4. The molecular formula is C19H17ClN2O5. The molecule has 0 radical (unpaired) electrons. The number of aromatic nitrogens is 1. The van der Waals surface area contributed by atoms with Gasteiger partial charge in [-0.1, -0.05) is 41.9 Å². The van der Waals surface area contributed by atoms with E-state index in [1.54, 1.807) is 12.1 Å². The number of nitrogens with zero attached hydrogens (tertiary/aromatic N) is 1. The topological polar surface area (TPSA) is 90.5 Å². The van der Waals surface area contributed by atoms with E-state index in [0.29, 0.717) is 10.5 Å². The van der Waals surface area contributed by atoms with E-state index in [-0.39, 0.29) is 18.5 Å². The number of hydrogen-bond acceptors (Lipinski definition) is 5. The van der Waals surface area contributed by atoms with Crippen LogP contribution in [0.4, 0.5) is 0 Å². The number of carbonyl (C=O) groups excluding carboxylic acids is 2. The third kappa shape index (κ3) is 4.38. The van der Waals surface area contributed by atoms with Crippen LogP contribution in [0.5, 0.6) is 0 Å². The van der Waals surface area contributed by atoms with Crippen LogP contribution in [0, 0.1) is 0 Å². The number of rotatable bonds is 6. The summed E-state index contributed by atoms with van der Waals surface area (Å²) in [5.74, 6) is -1.76. The van der Waals surface area contributed by atoms with E-state index < -0.39 is 23.7 Å². The summed E-state index contributed by atoms with van der Waals surface area (Å²) in [6, 6.07) is 13.1. The summed E-state index contributed by atoms with van der Waals surface area (Å²) < 4.78 is 11.1. The van der Waals surface area contributed by atoms with Crippen LogP contribution < -0.4 is 11.1 Å². The number of benzene rings is 2. The Hall–Kier alpha value is -3.06. The fourth-order valence-electron chi connectivity index (χ4n) is 2.76. The lowest BCUT2D eigenvalue weighted by molar-refractivity contribution is -0.145. The first-order valence-electron chi connectivity index (χ1n) is 8.18. The lowest BCUT2D eigenvalue weighted by Gasteiger charge is -2.16. The molecule has 7 nitrogen and oxygen atoms in total. The molecule has 0 spiro atoms. The number of amides is 1. The number of nitrogens with one attached hydrogen (secondary N) is 1. The first-order chi connectivity index (χ1) is 13.0. The smallest absolute Gasteiger partial charge is 0.420 e. The van der Waals surface area contributed by atoms with E-state index in [1.807, 2.05) is 30.3 Å². The van der Waals surface area contributed by atoms with Gasteiger partial charge in [0, 0.05) is 17.5 Å². The minimum absolute atomic E-state index is 0.274. The fourth-order valence-corrected chi connectivity index (χ4v) is 2.92. The summed E-state index contributed by atoms with van der Waals surface area (Å²) in [5, 5.41) is 3.03. The third-order valence-electron chi connectivity index (χ3n) is 4.04. The van der Waals surface area contributed by atoms with E-state index in [1.165, 1.54) is 17.7 Å². The molecule has 0 aliphatic heterocycles. The van der Waals surface area contributed by atoms with E-state index in [2.05, 4.69) is 5.32 Å². The maximum atomic E-state index is 12.4. The number of fused-ring (bicyclic) bond motifs is 1. The molecule has 2 aromatic carbocycles. The van der Waals surface area contributed by atoms with Crippen LogP contribution in [-0.4, -0.2) is 29.6 Å². The van der Waals surface area contributed by atoms with Crippen LogP contribution in [0.1, 0.15) is 5.56 Å². The Kier molecular flexibility index (Phi) is 5.61. The molecule has 0 fully saturated rings. The summed E-state index contributed by atoms with van der Waals surface area (Å²) in [7, 11) is 1.25. The van der Waals surface area contributed by atoms with Crippen LogP contribution in [0.15, 0.2) is 57.7 Å². The largest absolute Gasteiger partial charge is 0.467 e. The van der Waals surface area contributed by atoms with Gasteiger partial charge in [0.1, 0.15) is 12.6 Å². The molecule has 0 saturated carbocycles. The summed E-state index contributed by atoms with van der Waals surface area (Å²) in [6.45, 7) is -0.296. The van der Waals surface area contributed by atoms with Crippen molar-refractivity contribution in [2.75, 3.05) is 7.11 Å². The van der Waals surface area contributed by atoms with Crippen molar-refractivity contribution in [3.63, 3.8) is 0 Å². The predicted molar refractivity (Wildman–Crippen MR) is 99.6 cm³/mol. The second kappa shape index (κ2) is 8.09. The SMILES string of the molecule is COC(=O)[C@H](Cc1ccccc1)NC(=O)Cn1c(=O)oc2cc(Cl)ccc21.